The average Bonchev–Trinajstić information content (AvgIpc) is 2.93. The second-order valence-corrected chi connectivity index (χ2v) is 6.43. The molecule has 2 aromatic rings. The molecule has 6 heteroatoms. The van der Waals surface area contributed by atoms with Crippen LogP contribution < -0.4 is 5.32 Å². The maximum absolute atomic E-state index is 12.4. The van der Waals surface area contributed by atoms with Crippen LogP contribution in [-0.2, 0) is 24.2 Å². The third-order valence-corrected chi connectivity index (χ3v) is 4.63. The van der Waals surface area contributed by atoms with Crippen LogP contribution in [0, 0.1) is 13.8 Å². The van der Waals surface area contributed by atoms with Gasteiger partial charge in [-0.2, -0.15) is 5.10 Å². The number of fused-ring (bicyclic) bond motifs is 1. The summed E-state index contributed by atoms with van der Waals surface area (Å²) < 4.78 is 1.92. The van der Waals surface area contributed by atoms with Gasteiger partial charge in [0.25, 0.3) is 0 Å². The molecule has 0 saturated carbocycles. The third kappa shape index (κ3) is 3.63. The van der Waals surface area contributed by atoms with Crippen LogP contribution in [0.3, 0.4) is 0 Å². The molecule has 24 heavy (non-hydrogen) atoms. The van der Waals surface area contributed by atoms with Crippen molar-refractivity contribution >= 4 is 5.91 Å². The molecule has 1 aliphatic rings. The van der Waals surface area contributed by atoms with Gasteiger partial charge in [0.15, 0.2) is 0 Å². The summed E-state index contributed by atoms with van der Waals surface area (Å²) in [4.78, 5) is 21.2. The molecule has 1 aliphatic carbocycles. The first-order valence-corrected chi connectivity index (χ1v) is 8.71. The van der Waals surface area contributed by atoms with Crippen molar-refractivity contribution in [2.24, 2.45) is 0 Å². The fourth-order valence-corrected chi connectivity index (χ4v) is 3.28. The lowest BCUT2D eigenvalue weighted by Crippen LogP contribution is -2.31. The number of hydrogen-bond acceptors (Lipinski definition) is 4. The maximum Gasteiger partial charge on any atom is 0.220 e. The molecule has 128 valence electrons. The van der Waals surface area contributed by atoms with Crippen LogP contribution in [0.2, 0.25) is 0 Å². The van der Waals surface area contributed by atoms with Gasteiger partial charge in [0.1, 0.15) is 5.82 Å². The van der Waals surface area contributed by atoms with E-state index in [0.717, 1.165) is 60.6 Å². The summed E-state index contributed by atoms with van der Waals surface area (Å²) >= 11 is 0. The Balaban J connectivity index is 1.60. The van der Waals surface area contributed by atoms with Crippen molar-refractivity contribution in [1.82, 2.24) is 25.1 Å². The predicted octanol–water partition coefficient (Wildman–Crippen LogP) is 2.44. The minimum absolute atomic E-state index is 0.0429. The first kappa shape index (κ1) is 16.6. The fourth-order valence-electron chi connectivity index (χ4n) is 3.28. The molecule has 0 radical (unpaired) electrons. The smallest absolute Gasteiger partial charge is 0.220 e. The van der Waals surface area contributed by atoms with Crippen LogP contribution in [0.25, 0.3) is 0 Å². The van der Waals surface area contributed by atoms with E-state index >= 15 is 0 Å². The summed E-state index contributed by atoms with van der Waals surface area (Å²) in [5.41, 5.74) is 4.32. The molecule has 2 heterocycles. The normalized spacial score (nSPS) is 16.7. The Morgan fingerprint density at radius 3 is 3.00 bits per heavy atom. The lowest BCUT2D eigenvalue weighted by atomic mass is 9.92. The highest BCUT2D eigenvalue weighted by molar-refractivity contribution is 5.76. The van der Waals surface area contributed by atoms with E-state index in [9.17, 15) is 4.79 Å². The second kappa shape index (κ2) is 7.11. The molecule has 0 bridgehead atoms. The van der Waals surface area contributed by atoms with E-state index in [2.05, 4.69) is 27.3 Å². The van der Waals surface area contributed by atoms with E-state index < -0.39 is 0 Å². The van der Waals surface area contributed by atoms with Gasteiger partial charge in [-0.3, -0.25) is 9.48 Å². The second-order valence-electron chi connectivity index (χ2n) is 6.43. The maximum atomic E-state index is 12.4. The minimum atomic E-state index is 0.0429. The highest BCUT2D eigenvalue weighted by Crippen LogP contribution is 2.28. The zero-order chi connectivity index (χ0) is 17.1. The Labute approximate surface area is 142 Å². The van der Waals surface area contributed by atoms with Crippen molar-refractivity contribution in [1.29, 1.82) is 0 Å². The van der Waals surface area contributed by atoms with Crippen molar-refractivity contribution < 1.29 is 4.79 Å². The number of carbonyl (C=O) groups is 1. The van der Waals surface area contributed by atoms with Gasteiger partial charge in [-0.1, -0.05) is 0 Å². The predicted molar refractivity (Wildman–Crippen MR) is 91.5 cm³/mol. The molecule has 1 atom stereocenters. The van der Waals surface area contributed by atoms with E-state index in [0.29, 0.717) is 6.42 Å². The molecule has 3 rings (SSSR count). The Morgan fingerprint density at radius 1 is 1.42 bits per heavy atom. The van der Waals surface area contributed by atoms with Gasteiger partial charge >= 0.3 is 0 Å². The van der Waals surface area contributed by atoms with E-state index in [1.54, 1.807) is 0 Å². The van der Waals surface area contributed by atoms with Gasteiger partial charge in [-0.15, -0.1) is 0 Å². The number of hydrogen-bond donors (Lipinski definition) is 1. The number of rotatable bonds is 5. The van der Waals surface area contributed by atoms with Crippen molar-refractivity contribution in [3.8, 4) is 0 Å². The third-order valence-electron chi connectivity index (χ3n) is 4.63. The van der Waals surface area contributed by atoms with Crippen LogP contribution in [-0.4, -0.2) is 25.7 Å². The van der Waals surface area contributed by atoms with Gasteiger partial charge in [0.2, 0.25) is 5.91 Å². The zero-order valence-electron chi connectivity index (χ0n) is 14.7. The number of amides is 1. The summed E-state index contributed by atoms with van der Waals surface area (Å²) in [6, 6.07) is 0.0429. The molecular weight excluding hydrogens is 302 g/mol. The number of carbonyl (C=O) groups excluding carboxylic acids is 1. The van der Waals surface area contributed by atoms with E-state index in [4.69, 9.17) is 0 Å². The highest BCUT2D eigenvalue weighted by Gasteiger charge is 2.23. The van der Waals surface area contributed by atoms with Gasteiger partial charge < -0.3 is 5.32 Å². The van der Waals surface area contributed by atoms with Crippen LogP contribution >= 0.6 is 0 Å². The molecule has 0 fully saturated rings. The SMILES string of the molecule is CCn1cc(CCC(=O)N[C@H]2CCCc3nc(C)ncc32)c(C)n1. The number of aromatic nitrogens is 4. The topological polar surface area (TPSA) is 72.7 Å². The summed E-state index contributed by atoms with van der Waals surface area (Å²) in [5, 5.41) is 7.59. The summed E-state index contributed by atoms with van der Waals surface area (Å²) in [5.74, 6) is 0.876. The molecule has 1 amide bonds. The molecule has 0 unspecified atom stereocenters. The van der Waals surface area contributed by atoms with Gasteiger partial charge in [-0.25, -0.2) is 9.97 Å². The molecule has 6 nitrogen and oxygen atoms in total. The summed E-state index contributed by atoms with van der Waals surface area (Å²) in [6.45, 7) is 6.82. The van der Waals surface area contributed by atoms with E-state index in [1.807, 2.05) is 30.9 Å². The summed E-state index contributed by atoms with van der Waals surface area (Å²) in [7, 11) is 0. The first-order valence-electron chi connectivity index (χ1n) is 8.71. The van der Waals surface area contributed by atoms with Crippen molar-refractivity contribution in [3.63, 3.8) is 0 Å². The molecule has 0 aliphatic heterocycles. The van der Waals surface area contributed by atoms with Gasteiger partial charge in [0, 0.05) is 36.6 Å². The number of nitrogens with zero attached hydrogens (tertiary/aromatic N) is 4. The molecule has 1 N–H and O–H groups in total. The molecule has 2 aromatic heterocycles. The van der Waals surface area contributed by atoms with E-state index in [1.165, 1.54) is 0 Å². The number of aryl methyl sites for hydroxylation is 5. The lowest BCUT2D eigenvalue weighted by molar-refractivity contribution is -0.121. The summed E-state index contributed by atoms with van der Waals surface area (Å²) in [6.07, 6.45) is 8.10. The first-order chi connectivity index (χ1) is 11.6. The van der Waals surface area contributed by atoms with Crippen molar-refractivity contribution in [2.75, 3.05) is 0 Å². The Kier molecular flexibility index (Phi) is 4.92. The molecule has 0 spiro atoms. The quantitative estimate of drug-likeness (QED) is 0.915. The number of nitrogens with one attached hydrogen (secondary N) is 1. The van der Waals surface area contributed by atoms with Crippen LogP contribution in [0.15, 0.2) is 12.4 Å². The lowest BCUT2D eigenvalue weighted by Gasteiger charge is -2.25. The average molecular weight is 327 g/mol. The zero-order valence-corrected chi connectivity index (χ0v) is 14.7. The van der Waals surface area contributed by atoms with Gasteiger partial charge in [-0.05, 0) is 52.0 Å². The van der Waals surface area contributed by atoms with Crippen molar-refractivity contribution in [3.05, 3.63) is 40.7 Å². The van der Waals surface area contributed by atoms with Crippen LogP contribution in [0.4, 0.5) is 0 Å². The standard InChI is InChI=1S/C18H25N5O/c1-4-23-11-14(12(2)22-23)8-9-18(24)21-17-7-5-6-16-15(17)10-19-13(3)20-16/h10-11,17H,4-9H2,1-3H3,(H,21,24)/t17-/m0/s1. The largest absolute Gasteiger partial charge is 0.349 e. The van der Waals surface area contributed by atoms with E-state index in [-0.39, 0.29) is 11.9 Å². The molecule has 0 saturated heterocycles. The monoisotopic (exact) mass is 327 g/mol. The Hall–Kier alpha value is -2.24. The highest BCUT2D eigenvalue weighted by atomic mass is 16.1. The minimum Gasteiger partial charge on any atom is -0.349 e. The molecular formula is C18H25N5O. The fraction of sp³-hybridized carbons (Fsp3) is 0.556. The van der Waals surface area contributed by atoms with Crippen LogP contribution in [0.5, 0.6) is 0 Å². The Morgan fingerprint density at radius 2 is 2.25 bits per heavy atom. The van der Waals surface area contributed by atoms with Crippen molar-refractivity contribution in [2.45, 2.75) is 65.5 Å². The van der Waals surface area contributed by atoms with Gasteiger partial charge in [0.05, 0.1) is 11.7 Å². The van der Waals surface area contributed by atoms with Crippen LogP contribution in [0.1, 0.15) is 60.6 Å². The molecule has 0 aromatic carbocycles. The Bertz CT molecular complexity index is 737.